The Bertz CT molecular complexity index is 792. The van der Waals surface area contributed by atoms with Gasteiger partial charge in [-0.15, -0.1) is 5.10 Å². The van der Waals surface area contributed by atoms with Crippen LogP contribution in [0.5, 0.6) is 0 Å². The van der Waals surface area contributed by atoms with Crippen molar-refractivity contribution in [1.29, 1.82) is 0 Å². The molecule has 3 rings (SSSR count). The van der Waals surface area contributed by atoms with Gasteiger partial charge < -0.3 is 4.84 Å². The third-order valence-electron chi connectivity index (χ3n) is 2.88. The van der Waals surface area contributed by atoms with Crippen molar-refractivity contribution in [3.8, 4) is 11.4 Å². The summed E-state index contributed by atoms with van der Waals surface area (Å²) in [5.41, 5.74) is 1.45. The highest BCUT2D eigenvalue weighted by Gasteiger charge is 2.10. The van der Waals surface area contributed by atoms with Gasteiger partial charge in [-0.1, -0.05) is 34.1 Å². The number of tetrazole rings is 1. The van der Waals surface area contributed by atoms with E-state index in [0.717, 1.165) is 5.56 Å². The monoisotopic (exact) mass is 338 g/mol. The van der Waals surface area contributed by atoms with Crippen LogP contribution in [0.4, 0.5) is 4.39 Å². The Morgan fingerprint density at radius 3 is 2.55 bits per heavy atom. The molecule has 1 heterocycles. The minimum Gasteiger partial charge on any atom is -0.389 e. The second-order valence-corrected chi connectivity index (χ2v) is 5.22. The van der Waals surface area contributed by atoms with Crippen molar-refractivity contribution in [2.24, 2.45) is 0 Å². The molecule has 0 aliphatic heterocycles. The molecular formula is C14H9Cl2FN4O. The summed E-state index contributed by atoms with van der Waals surface area (Å²) in [6, 6.07) is 11.0. The molecule has 0 saturated heterocycles. The predicted molar refractivity (Wildman–Crippen MR) is 80.0 cm³/mol. The highest BCUT2D eigenvalue weighted by Crippen LogP contribution is 2.23. The Morgan fingerprint density at radius 2 is 1.82 bits per heavy atom. The molecule has 0 spiro atoms. The van der Waals surface area contributed by atoms with Crippen LogP contribution in [0.2, 0.25) is 10.0 Å². The highest BCUT2D eigenvalue weighted by atomic mass is 35.5. The van der Waals surface area contributed by atoms with Gasteiger partial charge in [0.25, 0.3) is 0 Å². The van der Waals surface area contributed by atoms with Crippen LogP contribution in [-0.2, 0) is 6.61 Å². The van der Waals surface area contributed by atoms with Gasteiger partial charge in [0, 0.05) is 5.56 Å². The summed E-state index contributed by atoms with van der Waals surface area (Å²) >= 11 is 11.8. The van der Waals surface area contributed by atoms with Crippen LogP contribution in [0.25, 0.3) is 11.4 Å². The lowest BCUT2D eigenvalue weighted by atomic mass is 10.2. The quantitative estimate of drug-likeness (QED) is 0.731. The summed E-state index contributed by atoms with van der Waals surface area (Å²) in [7, 11) is 0. The van der Waals surface area contributed by atoms with Gasteiger partial charge in [0.05, 0.1) is 10.0 Å². The van der Waals surface area contributed by atoms with Gasteiger partial charge in [-0.2, -0.15) is 0 Å². The maximum Gasteiger partial charge on any atom is 0.222 e. The molecule has 2 aromatic carbocycles. The summed E-state index contributed by atoms with van der Waals surface area (Å²) in [4.78, 5) is 6.70. The fourth-order valence-corrected chi connectivity index (χ4v) is 2.12. The van der Waals surface area contributed by atoms with Gasteiger partial charge in [-0.05, 0) is 52.4 Å². The van der Waals surface area contributed by atoms with Gasteiger partial charge >= 0.3 is 0 Å². The van der Waals surface area contributed by atoms with E-state index < -0.39 is 0 Å². The smallest absolute Gasteiger partial charge is 0.222 e. The number of rotatable bonds is 4. The molecule has 0 unspecified atom stereocenters. The first-order valence-electron chi connectivity index (χ1n) is 6.25. The van der Waals surface area contributed by atoms with E-state index in [9.17, 15) is 4.39 Å². The number of hydrogen-bond donors (Lipinski definition) is 0. The zero-order valence-electron chi connectivity index (χ0n) is 11.1. The second kappa shape index (κ2) is 6.29. The zero-order chi connectivity index (χ0) is 15.5. The van der Waals surface area contributed by atoms with Crippen LogP contribution in [0, 0.1) is 5.82 Å². The number of halogens is 3. The minimum absolute atomic E-state index is 0.204. The molecule has 1 aromatic heterocycles. The molecule has 0 amide bonds. The first-order chi connectivity index (χ1) is 10.6. The highest BCUT2D eigenvalue weighted by molar-refractivity contribution is 6.42. The predicted octanol–water partition coefficient (Wildman–Crippen LogP) is 3.41. The van der Waals surface area contributed by atoms with E-state index in [1.165, 1.54) is 17.0 Å². The van der Waals surface area contributed by atoms with Crippen molar-refractivity contribution in [3.63, 3.8) is 0 Å². The molecule has 22 heavy (non-hydrogen) atoms. The molecule has 8 heteroatoms. The zero-order valence-corrected chi connectivity index (χ0v) is 12.6. The van der Waals surface area contributed by atoms with Crippen molar-refractivity contribution in [1.82, 2.24) is 20.4 Å². The first-order valence-corrected chi connectivity index (χ1v) is 7.00. The van der Waals surface area contributed by atoms with Crippen molar-refractivity contribution >= 4 is 23.2 Å². The third kappa shape index (κ3) is 3.18. The Labute approximate surface area is 135 Å². The Kier molecular flexibility index (Phi) is 4.22. The first kappa shape index (κ1) is 14.7. The molecule has 0 bridgehead atoms. The van der Waals surface area contributed by atoms with Crippen molar-refractivity contribution < 1.29 is 9.23 Å². The standard InChI is InChI=1S/C14H9Cl2FN4O/c15-12-6-1-9(7-13(12)16)8-22-21-14(18-19-20-21)10-2-4-11(17)5-3-10/h1-7H,8H2. The average molecular weight is 339 g/mol. The van der Waals surface area contributed by atoms with Crippen molar-refractivity contribution in [2.45, 2.75) is 6.61 Å². The molecule has 0 atom stereocenters. The maximum atomic E-state index is 13.0. The van der Waals surface area contributed by atoms with E-state index in [4.69, 9.17) is 28.0 Å². The SMILES string of the molecule is Fc1ccc(-c2nnnn2OCc2ccc(Cl)c(Cl)c2)cc1. The normalized spacial score (nSPS) is 10.7. The van der Waals surface area contributed by atoms with Crippen LogP contribution in [-0.4, -0.2) is 20.4 Å². The summed E-state index contributed by atoms with van der Waals surface area (Å²) in [5, 5.41) is 12.1. The van der Waals surface area contributed by atoms with E-state index >= 15 is 0 Å². The Hall–Kier alpha value is -2.18. The van der Waals surface area contributed by atoms with Crippen LogP contribution < -0.4 is 4.84 Å². The lowest BCUT2D eigenvalue weighted by Gasteiger charge is -2.07. The average Bonchev–Trinajstić information content (AvgIpc) is 2.98. The molecular weight excluding hydrogens is 330 g/mol. The van der Waals surface area contributed by atoms with Crippen LogP contribution in [0.1, 0.15) is 5.56 Å². The lowest BCUT2D eigenvalue weighted by molar-refractivity contribution is 0.0695. The van der Waals surface area contributed by atoms with Crippen LogP contribution in [0.15, 0.2) is 42.5 Å². The van der Waals surface area contributed by atoms with Gasteiger partial charge in [-0.25, -0.2) is 4.39 Å². The summed E-state index contributed by atoms with van der Waals surface area (Å²) < 4.78 is 13.0. The Morgan fingerprint density at radius 1 is 1.05 bits per heavy atom. The van der Waals surface area contributed by atoms with E-state index in [1.807, 2.05) is 0 Å². The minimum atomic E-state index is -0.334. The molecule has 0 fully saturated rings. The van der Waals surface area contributed by atoms with E-state index in [1.54, 1.807) is 30.3 Å². The summed E-state index contributed by atoms with van der Waals surface area (Å²) in [6.45, 7) is 0.204. The van der Waals surface area contributed by atoms with Gasteiger partial charge in [-0.3, -0.25) is 0 Å². The molecule has 0 N–H and O–H groups in total. The molecule has 5 nitrogen and oxygen atoms in total. The van der Waals surface area contributed by atoms with Gasteiger partial charge in [0.1, 0.15) is 12.4 Å². The fourth-order valence-electron chi connectivity index (χ4n) is 1.80. The summed E-state index contributed by atoms with van der Waals surface area (Å²) in [5.74, 6) is 0.0413. The number of benzene rings is 2. The largest absolute Gasteiger partial charge is 0.389 e. The van der Waals surface area contributed by atoms with E-state index in [-0.39, 0.29) is 12.4 Å². The van der Waals surface area contributed by atoms with Gasteiger partial charge in [0.15, 0.2) is 0 Å². The second-order valence-electron chi connectivity index (χ2n) is 4.40. The van der Waals surface area contributed by atoms with Crippen LogP contribution in [0.3, 0.4) is 0 Å². The number of aromatic nitrogens is 4. The molecule has 0 saturated carbocycles. The summed E-state index contributed by atoms with van der Waals surface area (Å²) in [6.07, 6.45) is 0. The number of nitrogens with zero attached hydrogens (tertiary/aromatic N) is 4. The third-order valence-corrected chi connectivity index (χ3v) is 3.62. The van der Waals surface area contributed by atoms with E-state index in [2.05, 4.69) is 15.5 Å². The van der Waals surface area contributed by atoms with Crippen LogP contribution >= 0.6 is 23.2 Å². The topological polar surface area (TPSA) is 52.8 Å². The maximum absolute atomic E-state index is 13.0. The molecule has 0 radical (unpaired) electrons. The lowest BCUT2D eigenvalue weighted by Crippen LogP contribution is -2.14. The molecule has 0 aliphatic rings. The number of hydrogen-bond acceptors (Lipinski definition) is 4. The van der Waals surface area contributed by atoms with E-state index in [0.29, 0.717) is 21.4 Å². The molecule has 0 aliphatic carbocycles. The van der Waals surface area contributed by atoms with Gasteiger partial charge in [0.2, 0.25) is 5.82 Å². The fraction of sp³-hybridized carbons (Fsp3) is 0.0714. The molecule has 112 valence electrons. The van der Waals surface area contributed by atoms with Crippen molar-refractivity contribution in [3.05, 3.63) is 63.9 Å². The Balaban J connectivity index is 1.77. The van der Waals surface area contributed by atoms with Crippen molar-refractivity contribution in [2.75, 3.05) is 0 Å². The molecule has 3 aromatic rings.